The second-order valence-electron chi connectivity index (χ2n) is 7.35. The Morgan fingerprint density at radius 3 is 2.45 bits per heavy atom. The van der Waals surface area contributed by atoms with Crippen LogP contribution < -0.4 is 10.6 Å². The minimum absolute atomic E-state index is 0.271. The molecule has 1 heterocycles. The highest BCUT2D eigenvalue weighted by Crippen LogP contribution is 2.21. The van der Waals surface area contributed by atoms with Crippen molar-refractivity contribution in [2.45, 2.75) is 31.4 Å². The van der Waals surface area contributed by atoms with E-state index in [-0.39, 0.29) is 5.91 Å². The van der Waals surface area contributed by atoms with Gasteiger partial charge in [0, 0.05) is 19.6 Å². The summed E-state index contributed by atoms with van der Waals surface area (Å²) in [5, 5.41) is 24.4. The van der Waals surface area contributed by atoms with Crippen LogP contribution in [0, 0.1) is 22.7 Å². The van der Waals surface area contributed by atoms with Crippen LogP contribution in [0.25, 0.3) is 11.1 Å². The Morgan fingerprint density at radius 2 is 1.83 bits per heavy atom. The van der Waals surface area contributed by atoms with Gasteiger partial charge >= 0.3 is 0 Å². The molecule has 0 bridgehead atoms. The van der Waals surface area contributed by atoms with Gasteiger partial charge in [-0.3, -0.25) is 4.79 Å². The lowest BCUT2D eigenvalue weighted by atomic mass is 9.99. The largest absolute Gasteiger partial charge is 0.364 e. The Hall–Kier alpha value is -3.19. The molecule has 1 aliphatic rings. The summed E-state index contributed by atoms with van der Waals surface area (Å²) >= 11 is 0. The number of nitrogens with one attached hydrogen (secondary N) is 2. The van der Waals surface area contributed by atoms with Crippen molar-refractivity contribution in [3.8, 4) is 23.3 Å². The predicted octanol–water partition coefficient (Wildman–Crippen LogP) is 2.54. The van der Waals surface area contributed by atoms with E-state index in [1.54, 1.807) is 19.1 Å². The molecule has 2 N–H and O–H groups in total. The second-order valence-corrected chi connectivity index (χ2v) is 7.35. The van der Waals surface area contributed by atoms with Gasteiger partial charge in [0.1, 0.15) is 6.04 Å². The Kier molecular flexibility index (Phi) is 6.61. The van der Waals surface area contributed by atoms with Gasteiger partial charge in [-0.15, -0.1) is 0 Å². The third-order valence-electron chi connectivity index (χ3n) is 5.06. The molecule has 3 rings (SSSR count). The van der Waals surface area contributed by atoms with E-state index in [2.05, 4.69) is 22.8 Å². The number of benzene rings is 2. The number of hydrogen-bond donors (Lipinski definition) is 2. The quantitative estimate of drug-likeness (QED) is 0.820. The first-order valence-corrected chi connectivity index (χ1v) is 9.69. The average molecular weight is 388 g/mol. The zero-order chi connectivity index (χ0) is 20.7. The number of nitrogens with zero attached hydrogens (tertiary/aromatic N) is 2. The Balaban J connectivity index is 1.63. The molecule has 0 radical (unpaired) electrons. The molecule has 1 aliphatic heterocycles. The zero-order valence-electron chi connectivity index (χ0n) is 16.4. The van der Waals surface area contributed by atoms with E-state index in [1.165, 1.54) is 0 Å². The van der Waals surface area contributed by atoms with Gasteiger partial charge in [-0.25, -0.2) is 0 Å². The molecule has 29 heavy (non-hydrogen) atoms. The maximum absolute atomic E-state index is 12.7. The summed E-state index contributed by atoms with van der Waals surface area (Å²) < 4.78 is 5.72. The molecule has 0 aromatic heterocycles. The van der Waals surface area contributed by atoms with Crippen molar-refractivity contribution in [1.29, 1.82) is 10.5 Å². The van der Waals surface area contributed by atoms with Crippen LogP contribution in [0.1, 0.15) is 24.5 Å². The van der Waals surface area contributed by atoms with Crippen molar-refractivity contribution < 1.29 is 9.53 Å². The molecular weight excluding hydrogens is 364 g/mol. The molecule has 1 fully saturated rings. The van der Waals surface area contributed by atoms with Crippen LogP contribution >= 0.6 is 0 Å². The number of hydrogen-bond acceptors (Lipinski definition) is 5. The third kappa shape index (κ3) is 5.20. The molecule has 6 nitrogen and oxygen atoms in total. The van der Waals surface area contributed by atoms with Crippen molar-refractivity contribution in [3.05, 3.63) is 59.7 Å². The number of carbonyl (C=O) groups excluding carboxylic acids is 1. The first kappa shape index (κ1) is 20.5. The SMILES string of the molecule is C[C@@]1(C(=O)N[C@H](C#N)Cc2ccc(-c3ccc(C#N)cc3)cc2)CNCCCO1. The van der Waals surface area contributed by atoms with Gasteiger partial charge in [0.15, 0.2) is 5.60 Å². The number of amides is 1. The topological polar surface area (TPSA) is 97.9 Å². The monoisotopic (exact) mass is 388 g/mol. The molecule has 0 unspecified atom stereocenters. The lowest BCUT2D eigenvalue weighted by molar-refractivity contribution is -0.143. The molecule has 0 aliphatic carbocycles. The molecule has 2 aromatic carbocycles. The van der Waals surface area contributed by atoms with E-state index in [0.29, 0.717) is 25.1 Å². The minimum Gasteiger partial charge on any atom is -0.364 e. The van der Waals surface area contributed by atoms with E-state index in [4.69, 9.17) is 10.00 Å². The maximum atomic E-state index is 12.7. The van der Waals surface area contributed by atoms with Gasteiger partial charge in [-0.05, 0) is 48.7 Å². The number of nitriles is 2. The molecule has 1 amide bonds. The van der Waals surface area contributed by atoms with E-state index in [0.717, 1.165) is 29.7 Å². The van der Waals surface area contributed by atoms with Crippen LogP contribution in [0.5, 0.6) is 0 Å². The summed E-state index contributed by atoms with van der Waals surface area (Å²) in [6.07, 6.45) is 1.27. The summed E-state index contributed by atoms with van der Waals surface area (Å²) in [5.74, 6) is -0.271. The first-order chi connectivity index (χ1) is 14.0. The standard InChI is InChI=1S/C23H24N4O2/c1-23(16-26-11-2-12-29-23)22(28)27-21(15-25)13-17-3-7-19(8-4-17)20-9-5-18(14-24)6-10-20/h3-10,21,26H,2,11-13,16H2,1H3,(H,27,28)/t21-,23-/m0/s1. The van der Waals surface area contributed by atoms with E-state index >= 15 is 0 Å². The fourth-order valence-electron chi connectivity index (χ4n) is 3.26. The molecule has 6 heteroatoms. The highest BCUT2D eigenvalue weighted by atomic mass is 16.5. The normalized spacial score (nSPS) is 20.0. The fourth-order valence-corrected chi connectivity index (χ4v) is 3.26. The number of carbonyl (C=O) groups is 1. The van der Waals surface area contributed by atoms with Crippen molar-refractivity contribution in [2.24, 2.45) is 0 Å². The van der Waals surface area contributed by atoms with Gasteiger partial charge in [-0.2, -0.15) is 10.5 Å². The second kappa shape index (κ2) is 9.34. The molecule has 2 aromatic rings. The summed E-state index contributed by atoms with van der Waals surface area (Å²) in [6, 6.07) is 18.9. The van der Waals surface area contributed by atoms with Crippen LogP contribution in [0.3, 0.4) is 0 Å². The molecule has 148 valence electrons. The van der Waals surface area contributed by atoms with E-state index in [9.17, 15) is 10.1 Å². The van der Waals surface area contributed by atoms with E-state index < -0.39 is 11.6 Å². The molecule has 2 atom stereocenters. The minimum atomic E-state index is -0.967. The van der Waals surface area contributed by atoms with Crippen molar-refractivity contribution in [1.82, 2.24) is 10.6 Å². The summed E-state index contributed by atoms with van der Waals surface area (Å²) in [5.41, 5.74) is 2.66. The van der Waals surface area contributed by atoms with Crippen LogP contribution in [0.2, 0.25) is 0 Å². The predicted molar refractivity (Wildman–Crippen MR) is 110 cm³/mol. The van der Waals surface area contributed by atoms with Crippen molar-refractivity contribution in [2.75, 3.05) is 19.7 Å². The third-order valence-corrected chi connectivity index (χ3v) is 5.06. The van der Waals surface area contributed by atoms with Crippen LogP contribution in [-0.4, -0.2) is 37.2 Å². The zero-order valence-corrected chi connectivity index (χ0v) is 16.4. The molecule has 1 saturated heterocycles. The molecule has 0 saturated carbocycles. The Labute approximate surface area is 171 Å². The van der Waals surface area contributed by atoms with Crippen LogP contribution in [0.4, 0.5) is 0 Å². The lowest BCUT2D eigenvalue weighted by Crippen LogP contribution is -2.54. The van der Waals surface area contributed by atoms with Crippen molar-refractivity contribution >= 4 is 5.91 Å². The molecular formula is C23H24N4O2. The smallest absolute Gasteiger partial charge is 0.254 e. The van der Waals surface area contributed by atoms with Gasteiger partial charge in [0.2, 0.25) is 0 Å². The summed E-state index contributed by atoms with van der Waals surface area (Å²) in [7, 11) is 0. The van der Waals surface area contributed by atoms with Gasteiger partial charge in [-0.1, -0.05) is 36.4 Å². The van der Waals surface area contributed by atoms with Crippen LogP contribution in [0.15, 0.2) is 48.5 Å². The average Bonchev–Trinajstić information content (AvgIpc) is 2.99. The van der Waals surface area contributed by atoms with E-state index in [1.807, 2.05) is 36.4 Å². The Morgan fingerprint density at radius 1 is 1.17 bits per heavy atom. The highest BCUT2D eigenvalue weighted by Gasteiger charge is 2.36. The van der Waals surface area contributed by atoms with Crippen LogP contribution in [-0.2, 0) is 16.0 Å². The summed E-state index contributed by atoms with van der Waals surface area (Å²) in [4.78, 5) is 12.7. The van der Waals surface area contributed by atoms with Gasteiger partial charge in [0.05, 0.1) is 17.7 Å². The van der Waals surface area contributed by atoms with Gasteiger partial charge in [0.25, 0.3) is 5.91 Å². The first-order valence-electron chi connectivity index (χ1n) is 9.69. The van der Waals surface area contributed by atoms with Gasteiger partial charge < -0.3 is 15.4 Å². The maximum Gasteiger partial charge on any atom is 0.254 e. The Bertz CT molecular complexity index is 915. The number of rotatable bonds is 5. The highest BCUT2D eigenvalue weighted by molar-refractivity contribution is 5.85. The fraction of sp³-hybridized carbons (Fsp3) is 0.348. The van der Waals surface area contributed by atoms with Crippen molar-refractivity contribution in [3.63, 3.8) is 0 Å². The number of ether oxygens (including phenoxy) is 1. The summed E-state index contributed by atoms with van der Waals surface area (Å²) in [6.45, 7) is 3.51. The lowest BCUT2D eigenvalue weighted by Gasteiger charge is -2.28. The molecule has 0 spiro atoms.